The zero-order valence-electron chi connectivity index (χ0n) is 9.40. The van der Waals surface area contributed by atoms with E-state index in [1.807, 2.05) is 22.6 Å². The van der Waals surface area contributed by atoms with E-state index in [2.05, 4.69) is 4.98 Å². The van der Waals surface area contributed by atoms with Crippen LogP contribution in [0.4, 0.5) is 0 Å². The summed E-state index contributed by atoms with van der Waals surface area (Å²) in [4.78, 5) is 16.1. The minimum Gasteiger partial charge on any atom is -0.298 e. The molecule has 92 valence electrons. The molecule has 0 N–H and O–H groups in total. The standard InChI is InChI=1S/C12H14ClIN2O/c13-11-10(14)12(17)16(6-15-11)5-9-4-7-1-2-8(9)3-7/h6-9H,1-5H2. The summed E-state index contributed by atoms with van der Waals surface area (Å²) >= 11 is 7.81. The minimum absolute atomic E-state index is 0.00775. The van der Waals surface area contributed by atoms with Crippen molar-refractivity contribution < 1.29 is 0 Å². The lowest BCUT2D eigenvalue weighted by atomic mass is 9.89. The maximum absolute atomic E-state index is 12.0. The maximum atomic E-state index is 12.0. The topological polar surface area (TPSA) is 34.9 Å². The van der Waals surface area contributed by atoms with Crippen molar-refractivity contribution in [3.63, 3.8) is 0 Å². The van der Waals surface area contributed by atoms with Crippen LogP contribution in [-0.4, -0.2) is 9.55 Å². The highest BCUT2D eigenvalue weighted by atomic mass is 127. The molecule has 0 radical (unpaired) electrons. The van der Waals surface area contributed by atoms with E-state index in [-0.39, 0.29) is 5.56 Å². The van der Waals surface area contributed by atoms with Gasteiger partial charge in [0.2, 0.25) is 0 Å². The molecule has 3 atom stereocenters. The molecule has 2 fully saturated rings. The molecule has 3 unspecified atom stereocenters. The molecule has 3 rings (SSSR count). The van der Waals surface area contributed by atoms with Crippen LogP contribution in [0.1, 0.15) is 25.7 Å². The summed E-state index contributed by atoms with van der Waals surface area (Å²) in [5, 5.41) is 0.319. The van der Waals surface area contributed by atoms with Crippen LogP contribution in [0, 0.1) is 21.3 Å². The number of hydrogen-bond acceptors (Lipinski definition) is 2. The summed E-state index contributed by atoms with van der Waals surface area (Å²) in [5.41, 5.74) is 0.00775. The first-order valence-electron chi connectivity index (χ1n) is 6.05. The normalized spacial score (nSPS) is 31.1. The Bertz CT molecular complexity index is 502. The molecule has 0 aliphatic heterocycles. The van der Waals surface area contributed by atoms with Crippen molar-refractivity contribution in [1.29, 1.82) is 0 Å². The zero-order valence-corrected chi connectivity index (χ0v) is 12.3. The molecule has 1 aromatic heterocycles. The number of rotatable bonds is 2. The molecule has 0 amide bonds. The fraction of sp³-hybridized carbons (Fsp3) is 0.667. The third-order valence-corrected chi connectivity index (χ3v) is 5.83. The Morgan fingerprint density at radius 3 is 2.94 bits per heavy atom. The molecule has 0 aromatic carbocycles. The van der Waals surface area contributed by atoms with Gasteiger partial charge >= 0.3 is 0 Å². The van der Waals surface area contributed by atoms with Crippen molar-refractivity contribution in [2.24, 2.45) is 17.8 Å². The van der Waals surface area contributed by atoms with E-state index in [0.29, 0.717) is 14.6 Å². The second-order valence-corrected chi connectivity index (χ2v) is 6.68. The Morgan fingerprint density at radius 2 is 2.29 bits per heavy atom. The molecule has 5 heteroatoms. The fourth-order valence-electron chi connectivity index (χ4n) is 3.43. The van der Waals surface area contributed by atoms with Crippen molar-refractivity contribution in [1.82, 2.24) is 9.55 Å². The van der Waals surface area contributed by atoms with Gasteiger partial charge in [-0.1, -0.05) is 18.0 Å². The molecule has 2 aliphatic carbocycles. The third-order valence-electron chi connectivity index (χ3n) is 4.26. The van der Waals surface area contributed by atoms with E-state index in [1.165, 1.54) is 25.7 Å². The first kappa shape index (κ1) is 12.0. The molecule has 0 saturated heterocycles. The molecule has 2 aliphatic rings. The number of nitrogens with zero attached hydrogens (tertiary/aromatic N) is 2. The van der Waals surface area contributed by atoms with Crippen molar-refractivity contribution in [2.45, 2.75) is 32.2 Å². The van der Waals surface area contributed by atoms with Gasteiger partial charge in [-0.25, -0.2) is 4.98 Å². The van der Waals surface area contributed by atoms with Gasteiger partial charge in [-0.3, -0.25) is 9.36 Å². The Kier molecular flexibility index (Phi) is 3.19. The van der Waals surface area contributed by atoms with Crippen molar-refractivity contribution in [3.8, 4) is 0 Å². The van der Waals surface area contributed by atoms with E-state index in [0.717, 1.165) is 18.4 Å². The van der Waals surface area contributed by atoms with Crippen LogP contribution in [0.25, 0.3) is 0 Å². The predicted octanol–water partition coefficient (Wildman–Crippen LogP) is 2.94. The van der Waals surface area contributed by atoms with Crippen molar-refractivity contribution >= 4 is 34.2 Å². The predicted molar refractivity (Wildman–Crippen MR) is 75.2 cm³/mol. The average Bonchev–Trinajstić information content (AvgIpc) is 2.92. The first-order chi connectivity index (χ1) is 8.15. The first-order valence-corrected chi connectivity index (χ1v) is 7.51. The lowest BCUT2D eigenvalue weighted by molar-refractivity contribution is 0.291. The van der Waals surface area contributed by atoms with E-state index >= 15 is 0 Å². The number of fused-ring (bicyclic) bond motifs is 2. The molecule has 2 saturated carbocycles. The smallest absolute Gasteiger partial charge is 0.268 e. The van der Waals surface area contributed by atoms with Gasteiger partial charge in [0.15, 0.2) is 0 Å². The van der Waals surface area contributed by atoms with Crippen molar-refractivity contribution in [3.05, 3.63) is 25.4 Å². The lowest BCUT2D eigenvalue weighted by Crippen LogP contribution is -2.28. The van der Waals surface area contributed by atoms with Crippen LogP contribution in [0.5, 0.6) is 0 Å². The van der Waals surface area contributed by atoms with Crippen molar-refractivity contribution in [2.75, 3.05) is 0 Å². The molecule has 0 spiro atoms. The Hall–Kier alpha value is -0.100. The van der Waals surface area contributed by atoms with Crippen LogP contribution in [0.15, 0.2) is 11.1 Å². The summed E-state index contributed by atoms with van der Waals surface area (Å²) in [5.74, 6) is 2.42. The lowest BCUT2D eigenvalue weighted by Gasteiger charge is -2.22. The number of aromatic nitrogens is 2. The monoisotopic (exact) mass is 364 g/mol. The van der Waals surface area contributed by atoms with Crippen LogP contribution in [0.3, 0.4) is 0 Å². The quantitative estimate of drug-likeness (QED) is 0.597. The second-order valence-electron chi connectivity index (χ2n) is 5.24. The molecule has 1 aromatic rings. The Labute approximate surface area is 119 Å². The van der Waals surface area contributed by atoms with Gasteiger partial charge in [0, 0.05) is 6.54 Å². The van der Waals surface area contributed by atoms with Crippen LogP contribution in [0.2, 0.25) is 5.15 Å². The number of halogens is 2. The van der Waals surface area contributed by atoms with E-state index in [9.17, 15) is 4.79 Å². The summed E-state index contributed by atoms with van der Waals surface area (Å²) in [6, 6.07) is 0. The van der Waals surface area contributed by atoms with Gasteiger partial charge < -0.3 is 0 Å². The third kappa shape index (κ3) is 2.14. The summed E-state index contributed by atoms with van der Waals surface area (Å²) in [6.07, 6.45) is 7.00. The average molecular weight is 365 g/mol. The molecule has 3 nitrogen and oxygen atoms in total. The molecular weight excluding hydrogens is 351 g/mol. The van der Waals surface area contributed by atoms with Gasteiger partial charge in [-0.2, -0.15) is 0 Å². The fourth-order valence-corrected chi connectivity index (χ4v) is 4.00. The summed E-state index contributed by atoms with van der Waals surface area (Å²) < 4.78 is 2.27. The SMILES string of the molecule is O=c1c(I)c(Cl)ncn1CC1CC2CCC1C2. The van der Waals surface area contributed by atoms with Gasteiger partial charge in [0.25, 0.3) is 5.56 Å². The van der Waals surface area contributed by atoms with Crippen LogP contribution < -0.4 is 5.56 Å². The van der Waals surface area contributed by atoms with Crippen LogP contribution >= 0.6 is 34.2 Å². The Balaban J connectivity index is 1.82. The minimum atomic E-state index is 0.00775. The van der Waals surface area contributed by atoms with E-state index < -0.39 is 0 Å². The Morgan fingerprint density at radius 1 is 1.47 bits per heavy atom. The van der Waals surface area contributed by atoms with Gasteiger partial charge in [-0.15, -0.1) is 0 Å². The highest BCUT2D eigenvalue weighted by molar-refractivity contribution is 14.1. The molecule has 17 heavy (non-hydrogen) atoms. The van der Waals surface area contributed by atoms with Gasteiger partial charge in [0.05, 0.1) is 6.33 Å². The molecule has 1 heterocycles. The second kappa shape index (κ2) is 4.53. The number of hydrogen-bond donors (Lipinski definition) is 0. The largest absolute Gasteiger partial charge is 0.298 e. The highest BCUT2D eigenvalue weighted by Crippen LogP contribution is 2.48. The zero-order chi connectivity index (χ0) is 12.0. The van der Waals surface area contributed by atoms with Gasteiger partial charge in [0.1, 0.15) is 8.72 Å². The van der Waals surface area contributed by atoms with E-state index in [1.54, 1.807) is 10.9 Å². The maximum Gasteiger partial charge on any atom is 0.268 e. The summed E-state index contributed by atoms with van der Waals surface area (Å²) in [7, 11) is 0. The molecule has 2 bridgehead atoms. The van der Waals surface area contributed by atoms with Crippen LogP contribution in [-0.2, 0) is 6.54 Å². The molecular formula is C12H14ClIN2O. The highest BCUT2D eigenvalue weighted by Gasteiger charge is 2.39. The van der Waals surface area contributed by atoms with E-state index in [4.69, 9.17) is 11.6 Å². The van der Waals surface area contributed by atoms with Gasteiger partial charge in [-0.05, 0) is 59.6 Å². The summed E-state index contributed by atoms with van der Waals surface area (Å²) in [6.45, 7) is 0.820.